The van der Waals surface area contributed by atoms with Crippen LogP contribution < -0.4 is 10.1 Å². The van der Waals surface area contributed by atoms with Crippen molar-refractivity contribution >= 4 is 29.7 Å². The lowest BCUT2D eigenvalue weighted by molar-refractivity contribution is -0.110. The average molecular weight is 241 g/mol. The smallest absolute Gasteiger partial charge is 0.256 e. The fraction of sp³-hybridized carbons (Fsp3) is 0.154. The van der Waals surface area contributed by atoms with Gasteiger partial charge in [-0.1, -0.05) is 0 Å². The van der Waals surface area contributed by atoms with Gasteiger partial charge < -0.3 is 10.1 Å². The maximum Gasteiger partial charge on any atom is 0.256 e. The van der Waals surface area contributed by atoms with Crippen LogP contribution in [0.15, 0.2) is 34.3 Å². The maximum absolute atomic E-state index is 11.9. The second kappa shape index (κ2) is 4.10. The van der Waals surface area contributed by atoms with Crippen LogP contribution in [0.5, 0.6) is 5.75 Å². The van der Waals surface area contributed by atoms with E-state index in [0.717, 1.165) is 17.0 Å². The summed E-state index contributed by atoms with van der Waals surface area (Å²) in [6.45, 7) is 0. The minimum Gasteiger partial charge on any atom is -0.497 e. The Hall–Kier alpha value is -2.43. The largest absolute Gasteiger partial charge is 0.497 e. The summed E-state index contributed by atoms with van der Waals surface area (Å²) in [5.41, 5.74) is 2.25. The van der Waals surface area contributed by atoms with Crippen molar-refractivity contribution in [1.29, 1.82) is 0 Å². The van der Waals surface area contributed by atoms with Crippen LogP contribution in [0.25, 0.3) is 5.57 Å². The number of carbonyl (C=O) groups excluding carboxylic acids is 1. The molecule has 0 bridgehead atoms. The number of amides is 1. The molecule has 2 aliphatic rings. The van der Waals surface area contributed by atoms with Gasteiger partial charge in [0.05, 0.1) is 7.11 Å². The summed E-state index contributed by atoms with van der Waals surface area (Å²) in [4.78, 5) is 19.9. The van der Waals surface area contributed by atoms with Crippen molar-refractivity contribution in [1.82, 2.24) is 0 Å². The molecule has 0 aliphatic carbocycles. The summed E-state index contributed by atoms with van der Waals surface area (Å²) in [6, 6.07) is 5.33. The number of nitrogens with one attached hydrogen (secondary N) is 1. The van der Waals surface area contributed by atoms with E-state index in [2.05, 4.69) is 15.3 Å². The number of aliphatic imine (C=N–C) groups is 2. The van der Waals surface area contributed by atoms with Crippen LogP contribution in [0.2, 0.25) is 0 Å². The van der Waals surface area contributed by atoms with Gasteiger partial charge in [-0.2, -0.15) is 0 Å². The van der Waals surface area contributed by atoms with Crippen LogP contribution in [-0.4, -0.2) is 31.6 Å². The highest BCUT2D eigenvalue weighted by atomic mass is 16.5. The summed E-state index contributed by atoms with van der Waals surface area (Å²) in [5.74, 6) is 0.605. The highest BCUT2D eigenvalue weighted by Crippen LogP contribution is 2.34. The molecule has 1 N–H and O–H groups in total. The van der Waals surface area contributed by atoms with Crippen molar-refractivity contribution in [3.8, 4) is 5.75 Å². The third kappa shape index (κ3) is 1.69. The highest BCUT2D eigenvalue weighted by Gasteiger charge is 2.25. The number of carbonyl (C=O) groups is 1. The second-order valence-electron chi connectivity index (χ2n) is 4.00. The molecule has 2 heterocycles. The zero-order valence-corrected chi connectivity index (χ0v) is 9.75. The first-order valence-electron chi connectivity index (χ1n) is 5.54. The van der Waals surface area contributed by atoms with E-state index in [1.807, 2.05) is 18.2 Å². The van der Waals surface area contributed by atoms with Crippen LogP contribution in [0.4, 0.5) is 5.69 Å². The number of nitrogens with zero attached hydrogens (tertiary/aromatic N) is 2. The summed E-state index contributed by atoms with van der Waals surface area (Å²) in [5, 5.41) is 2.81. The first kappa shape index (κ1) is 10.7. The zero-order chi connectivity index (χ0) is 12.5. The Morgan fingerprint density at radius 3 is 3.06 bits per heavy atom. The minimum absolute atomic E-state index is 0.117. The van der Waals surface area contributed by atoms with Crippen LogP contribution in [0, 0.1) is 0 Å². The van der Waals surface area contributed by atoms with Crippen LogP contribution in [0.3, 0.4) is 0 Å². The predicted octanol–water partition coefficient (Wildman–Crippen LogP) is 1.51. The molecule has 0 fully saturated rings. The van der Waals surface area contributed by atoms with Gasteiger partial charge in [0.15, 0.2) is 0 Å². The molecule has 0 aromatic heterocycles. The van der Waals surface area contributed by atoms with Crippen molar-refractivity contribution in [2.24, 2.45) is 9.98 Å². The average Bonchev–Trinajstić information content (AvgIpc) is 2.99. The topological polar surface area (TPSA) is 63.1 Å². The molecule has 1 atom stereocenters. The van der Waals surface area contributed by atoms with Gasteiger partial charge in [0.2, 0.25) is 0 Å². The molecule has 5 nitrogen and oxygen atoms in total. The number of fused-ring (bicyclic) bond motifs is 1. The van der Waals surface area contributed by atoms with Crippen molar-refractivity contribution < 1.29 is 9.53 Å². The standard InChI is InChI=1S/C13H11N3O2/c1-18-9-2-3-12-10(5-9)11(13(17)16-12)4-8-6-14-7-15-8/h2-8H,1H3,(H,16,17)/b11-4-. The normalized spacial score (nSPS) is 22.4. The number of methoxy groups -OCH3 is 1. The quantitative estimate of drug-likeness (QED) is 0.798. The first-order chi connectivity index (χ1) is 8.78. The first-order valence-corrected chi connectivity index (χ1v) is 5.54. The molecule has 1 aromatic rings. The molecule has 1 unspecified atom stereocenters. The van der Waals surface area contributed by atoms with E-state index in [9.17, 15) is 4.79 Å². The SMILES string of the molecule is COc1ccc2c(c1)/C(=C/C1C=NC=N1)C(=O)N2. The number of hydrogen-bond acceptors (Lipinski definition) is 4. The molecule has 18 heavy (non-hydrogen) atoms. The maximum atomic E-state index is 11.9. The van der Waals surface area contributed by atoms with Gasteiger partial charge in [-0.05, 0) is 24.3 Å². The van der Waals surface area contributed by atoms with E-state index in [0.29, 0.717) is 5.57 Å². The fourth-order valence-corrected chi connectivity index (χ4v) is 2.00. The van der Waals surface area contributed by atoms with E-state index >= 15 is 0 Å². The molecule has 0 radical (unpaired) electrons. The van der Waals surface area contributed by atoms with E-state index in [1.165, 1.54) is 6.34 Å². The Balaban J connectivity index is 2.04. The van der Waals surface area contributed by atoms with Crippen molar-refractivity contribution in [2.45, 2.75) is 6.04 Å². The van der Waals surface area contributed by atoms with Crippen molar-refractivity contribution in [2.75, 3.05) is 12.4 Å². The van der Waals surface area contributed by atoms with Gasteiger partial charge in [0, 0.05) is 23.0 Å². The number of hydrogen-bond donors (Lipinski definition) is 1. The molecule has 0 spiro atoms. The van der Waals surface area contributed by atoms with Gasteiger partial charge >= 0.3 is 0 Å². The molecule has 1 aromatic carbocycles. The molecular weight excluding hydrogens is 230 g/mol. The Morgan fingerprint density at radius 1 is 1.44 bits per heavy atom. The van der Waals surface area contributed by atoms with Gasteiger partial charge in [-0.3, -0.25) is 9.79 Å². The minimum atomic E-state index is -0.164. The monoisotopic (exact) mass is 241 g/mol. The third-order valence-corrected chi connectivity index (χ3v) is 2.89. The van der Waals surface area contributed by atoms with E-state index in [-0.39, 0.29) is 11.9 Å². The molecule has 3 rings (SSSR count). The molecular formula is C13H11N3O2. The van der Waals surface area contributed by atoms with Crippen molar-refractivity contribution in [3.63, 3.8) is 0 Å². The van der Waals surface area contributed by atoms with Gasteiger partial charge in [0.1, 0.15) is 18.1 Å². The van der Waals surface area contributed by atoms with Gasteiger partial charge in [-0.15, -0.1) is 0 Å². The molecule has 5 heteroatoms. The lowest BCUT2D eigenvalue weighted by Gasteiger charge is -2.03. The Bertz CT molecular complexity index is 590. The lowest BCUT2D eigenvalue weighted by Crippen LogP contribution is -2.07. The molecule has 0 saturated carbocycles. The summed E-state index contributed by atoms with van der Waals surface area (Å²) < 4.78 is 5.17. The van der Waals surface area contributed by atoms with E-state index in [1.54, 1.807) is 19.4 Å². The Labute approximate surface area is 104 Å². The van der Waals surface area contributed by atoms with E-state index < -0.39 is 0 Å². The summed E-state index contributed by atoms with van der Waals surface area (Å²) in [6.07, 6.45) is 4.98. The second-order valence-corrected chi connectivity index (χ2v) is 4.00. The molecule has 1 amide bonds. The zero-order valence-electron chi connectivity index (χ0n) is 9.75. The van der Waals surface area contributed by atoms with Gasteiger partial charge in [-0.25, -0.2) is 4.99 Å². The number of benzene rings is 1. The Morgan fingerprint density at radius 2 is 2.33 bits per heavy atom. The number of rotatable bonds is 2. The molecule has 2 aliphatic heterocycles. The molecule has 90 valence electrons. The summed E-state index contributed by atoms with van der Waals surface area (Å²) in [7, 11) is 1.60. The molecule has 0 saturated heterocycles. The lowest BCUT2D eigenvalue weighted by atomic mass is 10.0. The third-order valence-electron chi connectivity index (χ3n) is 2.89. The van der Waals surface area contributed by atoms with Crippen LogP contribution in [0.1, 0.15) is 5.56 Å². The fourth-order valence-electron chi connectivity index (χ4n) is 2.00. The van der Waals surface area contributed by atoms with Crippen LogP contribution >= 0.6 is 0 Å². The Kier molecular flexibility index (Phi) is 2.44. The highest BCUT2D eigenvalue weighted by molar-refractivity contribution is 6.32. The summed E-state index contributed by atoms with van der Waals surface area (Å²) >= 11 is 0. The van der Waals surface area contributed by atoms with Crippen molar-refractivity contribution in [3.05, 3.63) is 29.8 Å². The van der Waals surface area contributed by atoms with Crippen LogP contribution in [-0.2, 0) is 4.79 Å². The number of anilines is 1. The number of ether oxygens (including phenoxy) is 1. The van der Waals surface area contributed by atoms with E-state index in [4.69, 9.17) is 4.74 Å². The predicted molar refractivity (Wildman–Crippen MR) is 70.4 cm³/mol. The van der Waals surface area contributed by atoms with Gasteiger partial charge in [0.25, 0.3) is 5.91 Å².